The molecule has 290 valence electrons. The van der Waals surface area contributed by atoms with E-state index in [0.29, 0.717) is 35.5 Å². The van der Waals surface area contributed by atoms with E-state index in [4.69, 9.17) is 4.74 Å². The second kappa shape index (κ2) is 17.7. The van der Waals surface area contributed by atoms with Gasteiger partial charge in [0.05, 0.1) is 23.8 Å². The number of hydrogen-bond donors (Lipinski definition) is 6. The van der Waals surface area contributed by atoms with E-state index >= 15 is 0 Å². The van der Waals surface area contributed by atoms with Gasteiger partial charge in [0.2, 0.25) is 5.56 Å². The van der Waals surface area contributed by atoms with Crippen molar-refractivity contribution in [3.8, 4) is 11.5 Å². The molecule has 2 bridgehead atoms. The van der Waals surface area contributed by atoms with E-state index < -0.39 is 17.7 Å². The van der Waals surface area contributed by atoms with E-state index in [2.05, 4.69) is 63.0 Å². The molecule has 4 aromatic carbocycles. The molecular weight excluding hydrogens is 693 g/mol. The fourth-order valence-corrected chi connectivity index (χ4v) is 9.15. The van der Waals surface area contributed by atoms with Crippen LogP contribution in [0.15, 0.2) is 95.8 Å². The van der Waals surface area contributed by atoms with Crippen molar-refractivity contribution in [1.82, 2.24) is 20.5 Å². The van der Waals surface area contributed by atoms with Crippen molar-refractivity contribution in [3.63, 3.8) is 0 Å². The Hall–Kier alpha value is -4.90. The van der Waals surface area contributed by atoms with Gasteiger partial charge in [0.25, 0.3) is 0 Å². The Bertz CT molecular complexity index is 2120. The molecule has 55 heavy (non-hydrogen) atoms. The minimum atomic E-state index is -1.02. The molecule has 1 amide bonds. The van der Waals surface area contributed by atoms with Gasteiger partial charge >= 0.3 is 6.09 Å². The first kappa shape index (κ1) is 38.4. The maximum Gasteiger partial charge on any atom is 0.405 e. The number of aliphatic hydroxyl groups is 1. The first-order chi connectivity index (χ1) is 26.8. The van der Waals surface area contributed by atoms with Gasteiger partial charge in [-0.2, -0.15) is 0 Å². The van der Waals surface area contributed by atoms with Crippen LogP contribution in [0, 0.1) is 11.8 Å². The third-order valence-corrected chi connectivity index (χ3v) is 11.9. The zero-order valence-electron chi connectivity index (χ0n) is 31.5. The number of H-pyrrole nitrogens is 1. The average molecular weight is 747 g/mol. The van der Waals surface area contributed by atoms with Crippen molar-refractivity contribution in [1.29, 1.82) is 0 Å². The predicted octanol–water partition coefficient (Wildman–Crippen LogP) is 7.67. The molecule has 10 heteroatoms. The highest BCUT2D eigenvalue weighted by molar-refractivity contribution is 5.88. The van der Waals surface area contributed by atoms with Gasteiger partial charge < -0.3 is 40.6 Å². The highest BCUT2D eigenvalue weighted by Gasteiger charge is 2.51. The normalized spacial score (nSPS) is 19.6. The van der Waals surface area contributed by atoms with E-state index in [-0.39, 0.29) is 17.2 Å². The molecular formula is C45H54N4O6. The van der Waals surface area contributed by atoms with Crippen LogP contribution in [0.5, 0.6) is 11.5 Å². The minimum Gasteiger partial charge on any atom is -0.506 e. The molecule has 3 aliphatic heterocycles. The lowest BCUT2D eigenvalue weighted by Gasteiger charge is -2.53. The van der Waals surface area contributed by atoms with Gasteiger partial charge in [0.1, 0.15) is 11.5 Å². The second-order valence-electron chi connectivity index (χ2n) is 15.4. The number of benzene rings is 4. The smallest absolute Gasteiger partial charge is 0.405 e. The summed E-state index contributed by atoms with van der Waals surface area (Å²) in [4.78, 5) is 29.6. The molecule has 5 aromatic rings. The Balaban J connectivity index is 0.890. The number of amides is 1. The summed E-state index contributed by atoms with van der Waals surface area (Å²) in [5.41, 5.74) is 1.71. The van der Waals surface area contributed by atoms with E-state index in [1.165, 1.54) is 12.1 Å². The Morgan fingerprint density at radius 2 is 1.62 bits per heavy atom. The summed E-state index contributed by atoms with van der Waals surface area (Å²) in [5, 5.41) is 40.6. The van der Waals surface area contributed by atoms with Crippen LogP contribution < -0.4 is 20.9 Å². The Morgan fingerprint density at radius 3 is 2.40 bits per heavy atom. The number of phenolic OH excluding ortho intramolecular Hbond substituents is 1. The lowest BCUT2D eigenvalue weighted by atomic mass is 9.62. The zero-order valence-corrected chi connectivity index (χ0v) is 31.5. The SMILES string of the molecule is O=C(O)NC(c1cccc(OCCCCCCCCCNC[C@H](O)c2ccc(O)c3[nH]c(=O)ccc23)c1)(c1cccc2ccccc12)[C@H]1CN2CCC1CC2. The number of aliphatic hydroxyl groups excluding tert-OH is 1. The topological polar surface area (TPSA) is 147 Å². The summed E-state index contributed by atoms with van der Waals surface area (Å²) in [5.74, 6) is 1.24. The van der Waals surface area contributed by atoms with Gasteiger partial charge in [0, 0.05) is 30.5 Å². The second-order valence-corrected chi connectivity index (χ2v) is 15.4. The van der Waals surface area contributed by atoms with Crippen molar-refractivity contribution in [2.24, 2.45) is 11.8 Å². The standard InChI is InChI=1S/C45H54N4O6/c50-40-20-18-36(37-19-21-42(52)47-43(37)40)41(51)29-46-24-8-4-2-1-3-5-9-27-55-34-15-11-14-33(28-34)45(48-44(53)54,39-30-49-25-22-32(39)23-26-49)38-17-10-13-31-12-6-7-16-35(31)38/h6-7,10-21,28,32,39,41,46,48,50-51H,1-5,8-9,22-27,29-30H2,(H,47,52)(H,53,54)/t39-,41-,45?/m0/s1. The summed E-state index contributed by atoms with van der Waals surface area (Å²) in [7, 11) is 0. The Labute approximate surface area is 322 Å². The van der Waals surface area contributed by atoms with Gasteiger partial charge in [-0.15, -0.1) is 0 Å². The molecule has 3 aliphatic rings. The number of phenols is 1. The molecule has 8 rings (SSSR count). The van der Waals surface area contributed by atoms with Crippen molar-refractivity contribution in [2.45, 2.75) is 69.4 Å². The monoisotopic (exact) mass is 746 g/mol. The van der Waals surface area contributed by atoms with Crippen LogP contribution in [0.4, 0.5) is 4.79 Å². The van der Waals surface area contributed by atoms with E-state index in [1.54, 1.807) is 12.1 Å². The number of hydrogen-bond acceptors (Lipinski definition) is 7. The largest absolute Gasteiger partial charge is 0.506 e. The molecule has 3 saturated heterocycles. The van der Waals surface area contributed by atoms with Crippen LogP contribution in [0.25, 0.3) is 21.7 Å². The molecule has 0 radical (unpaired) electrons. The van der Waals surface area contributed by atoms with Crippen LogP contribution in [-0.4, -0.2) is 70.6 Å². The minimum absolute atomic E-state index is 0.0135. The van der Waals surface area contributed by atoms with Gasteiger partial charge in [0.15, 0.2) is 0 Å². The predicted molar refractivity (Wildman–Crippen MR) is 217 cm³/mol. The highest BCUT2D eigenvalue weighted by atomic mass is 16.5. The maximum absolute atomic E-state index is 12.8. The van der Waals surface area contributed by atoms with Crippen molar-refractivity contribution >= 4 is 27.8 Å². The number of ether oxygens (including phenoxy) is 1. The molecule has 3 atom stereocenters. The molecule has 0 spiro atoms. The van der Waals surface area contributed by atoms with Crippen LogP contribution in [0.2, 0.25) is 0 Å². The third kappa shape index (κ3) is 8.67. The van der Waals surface area contributed by atoms with E-state index in [0.717, 1.165) is 112 Å². The maximum atomic E-state index is 12.8. The molecule has 3 fully saturated rings. The van der Waals surface area contributed by atoms with E-state index in [9.17, 15) is 24.9 Å². The van der Waals surface area contributed by atoms with Gasteiger partial charge in [-0.25, -0.2) is 4.79 Å². The number of fused-ring (bicyclic) bond motifs is 5. The van der Waals surface area contributed by atoms with Crippen molar-refractivity contribution < 1.29 is 24.9 Å². The number of nitrogens with zero attached hydrogens (tertiary/aromatic N) is 1. The number of pyridine rings is 1. The Kier molecular flexibility index (Phi) is 12.4. The lowest BCUT2D eigenvalue weighted by Crippen LogP contribution is -2.61. The molecule has 1 aromatic heterocycles. The molecule has 6 N–H and O–H groups in total. The molecule has 0 aliphatic carbocycles. The number of nitrogens with one attached hydrogen (secondary N) is 3. The number of piperidine rings is 3. The lowest BCUT2D eigenvalue weighted by molar-refractivity contribution is 0.00757. The summed E-state index contributed by atoms with van der Waals surface area (Å²) in [6.45, 7) is 4.79. The summed E-state index contributed by atoms with van der Waals surface area (Å²) in [6.07, 6.45) is 7.97. The number of carbonyl (C=O) groups is 1. The summed E-state index contributed by atoms with van der Waals surface area (Å²) >= 11 is 0. The average Bonchev–Trinajstić information content (AvgIpc) is 3.21. The number of rotatable bonds is 18. The summed E-state index contributed by atoms with van der Waals surface area (Å²) < 4.78 is 6.34. The van der Waals surface area contributed by atoms with Gasteiger partial charge in [-0.3, -0.25) is 4.79 Å². The van der Waals surface area contributed by atoms with Crippen LogP contribution >= 0.6 is 0 Å². The first-order valence-corrected chi connectivity index (χ1v) is 20.0. The van der Waals surface area contributed by atoms with Gasteiger partial charge in [-0.05, 0) is 103 Å². The van der Waals surface area contributed by atoms with Crippen molar-refractivity contribution in [3.05, 3.63) is 118 Å². The first-order valence-electron chi connectivity index (χ1n) is 20.0. The fourth-order valence-electron chi connectivity index (χ4n) is 9.15. The highest BCUT2D eigenvalue weighted by Crippen LogP contribution is 2.49. The molecule has 0 saturated carbocycles. The molecule has 4 heterocycles. The Morgan fingerprint density at radius 1 is 0.873 bits per heavy atom. The number of unbranched alkanes of at least 4 members (excludes halogenated alkanes) is 6. The summed E-state index contributed by atoms with van der Waals surface area (Å²) in [6, 6.07) is 28.9. The number of aromatic amines is 1. The number of carboxylic acid groups (broad SMARTS) is 1. The molecule has 10 nitrogen and oxygen atoms in total. The number of aromatic hydroxyl groups is 1. The van der Waals surface area contributed by atoms with Crippen LogP contribution in [0.3, 0.4) is 0 Å². The van der Waals surface area contributed by atoms with E-state index in [1.807, 2.05) is 24.3 Å². The third-order valence-electron chi connectivity index (χ3n) is 11.9. The number of aromatic nitrogens is 1. The van der Waals surface area contributed by atoms with Crippen LogP contribution in [0.1, 0.15) is 80.6 Å². The molecule has 1 unspecified atom stereocenters. The quantitative estimate of drug-likeness (QED) is 0.0501. The fraction of sp³-hybridized carbons (Fsp3) is 0.422. The van der Waals surface area contributed by atoms with Gasteiger partial charge in [-0.1, -0.05) is 92.8 Å². The van der Waals surface area contributed by atoms with Crippen LogP contribution in [-0.2, 0) is 5.54 Å². The van der Waals surface area contributed by atoms with Crippen molar-refractivity contribution in [2.75, 3.05) is 39.3 Å². The zero-order chi connectivity index (χ0) is 38.2.